The third kappa shape index (κ3) is 2.12. The van der Waals surface area contributed by atoms with Gasteiger partial charge in [-0.15, -0.1) is 0 Å². The topological polar surface area (TPSA) is 67.1 Å². The Hall–Kier alpha value is -1.20. The number of nitrogens with one attached hydrogen (secondary N) is 1. The number of likely N-dealkylation sites (tertiary alicyclic amines) is 1. The van der Waals surface area contributed by atoms with E-state index in [1.165, 1.54) is 25.8 Å². The molecule has 2 aliphatic rings. The van der Waals surface area contributed by atoms with Crippen molar-refractivity contribution < 1.29 is 0 Å². The Bertz CT molecular complexity index is 419. The van der Waals surface area contributed by atoms with Crippen LogP contribution in [0.5, 0.6) is 0 Å². The van der Waals surface area contributed by atoms with Crippen LogP contribution >= 0.6 is 0 Å². The molecular formula is C12H19N5. The molecule has 92 valence electrons. The lowest BCUT2D eigenvalue weighted by Crippen LogP contribution is -2.32. The minimum atomic E-state index is 0.705. The van der Waals surface area contributed by atoms with Gasteiger partial charge in [0.15, 0.2) is 0 Å². The van der Waals surface area contributed by atoms with Crippen LogP contribution in [0.3, 0.4) is 0 Å². The number of piperidine rings is 1. The predicted octanol–water partition coefficient (Wildman–Crippen LogP) is 1.05. The Kier molecular flexibility index (Phi) is 2.72. The molecule has 2 fully saturated rings. The predicted molar refractivity (Wildman–Crippen MR) is 66.1 cm³/mol. The van der Waals surface area contributed by atoms with E-state index in [1.54, 1.807) is 0 Å². The highest BCUT2D eigenvalue weighted by molar-refractivity contribution is 5.33. The molecule has 1 saturated heterocycles. The number of nitrogens with zero attached hydrogens (tertiary/aromatic N) is 3. The van der Waals surface area contributed by atoms with Crippen molar-refractivity contribution in [3.63, 3.8) is 0 Å². The molecule has 3 rings (SSSR count). The maximum absolute atomic E-state index is 5.40. The third-order valence-electron chi connectivity index (χ3n) is 3.92. The third-order valence-corrected chi connectivity index (χ3v) is 3.92. The number of hydrazine groups is 1. The van der Waals surface area contributed by atoms with Gasteiger partial charge in [-0.1, -0.05) is 0 Å². The van der Waals surface area contributed by atoms with Gasteiger partial charge in [-0.3, -0.25) is 4.90 Å². The second-order valence-corrected chi connectivity index (χ2v) is 5.22. The first-order valence-corrected chi connectivity index (χ1v) is 6.30. The highest BCUT2D eigenvalue weighted by atomic mass is 15.3. The maximum atomic E-state index is 5.40. The molecule has 2 bridgehead atoms. The number of aryl methyl sites for hydroxylation is 1. The van der Waals surface area contributed by atoms with Crippen molar-refractivity contribution in [2.75, 3.05) is 12.0 Å². The largest absolute Gasteiger partial charge is 0.308 e. The summed E-state index contributed by atoms with van der Waals surface area (Å²) in [7, 11) is 0. The molecule has 1 aliphatic heterocycles. The van der Waals surface area contributed by atoms with Crippen molar-refractivity contribution >= 4 is 5.82 Å². The average Bonchev–Trinajstić information content (AvgIpc) is 2.90. The van der Waals surface area contributed by atoms with E-state index in [0.717, 1.165) is 30.0 Å². The van der Waals surface area contributed by atoms with Gasteiger partial charge in [-0.25, -0.2) is 15.8 Å². The van der Waals surface area contributed by atoms with Gasteiger partial charge in [0.05, 0.1) is 6.54 Å². The van der Waals surface area contributed by atoms with E-state index < -0.39 is 0 Å². The van der Waals surface area contributed by atoms with Crippen molar-refractivity contribution in [3.05, 3.63) is 17.6 Å². The van der Waals surface area contributed by atoms with E-state index in [1.807, 2.05) is 13.0 Å². The first kappa shape index (κ1) is 10.9. The number of hydrogen-bond donors (Lipinski definition) is 2. The lowest BCUT2D eigenvalue weighted by molar-refractivity contribution is 0.200. The molecule has 0 amide bonds. The van der Waals surface area contributed by atoms with Gasteiger partial charge in [0, 0.05) is 24.3 Å². The van der Waals surface area contributed by atoms with Crippen molar-refractivity contribution in [2.45, 2.75) is 38.8 Å². The fourth-order valence-corrected chi connectivity index (χ4v) is 3.18. The summed E-state index contributed by atoms with van der Waals surface area (Å²) < 4.78 is 0. The smallest absolute Gasteiger partial charge is 0.145 e. The quantitative estimate of drug-likeness (QED) is 0.603. The van der Waals surface area contributed by atoms with Crippen molar-refractivity contribution in [1.29, 1.82) is 0 Å². The van der Waals surface area contributed by atoms with Crippen molar-refractivity contribution in [3.8, 4) is 0 Å². The van der Waals surface area contributed by atoms with Crippen LogP contribution in [0.25, 0.3) is 0 Å². The van der Waals surface area contributed by atoms with Gasteiger partial charge in [-0.05, 0) is 32.1 Å². The van der Waals surface area contributed by atoms with Crippen molar-refractivity contribution in [1.82, 2.24) is 14.9 Å². The van der Waals surface area contributed by atoms with Crippen LogP contribution < -0.4 is 11.3 Å². The van der Waals surface area contributed by atoms with E-state index in [-0.39, 0.29) is 0 Å². The Labute approximate surface area is 101 Å². The lowest BCUT2D eigenvalue weighted by atomic mass is 10.1. The van der Waals surface area contributed by atoms with E-state index in [9.17, 15) is 0 Å². The molecule has 1 aliphatic carbocycles. The number of rotatable bonds is 3. The van der Waals surface area contributed by atoms with Gasteiger partial charge in [-0.2, -0.15) is 0 Å². The molecule has 0 spiro atoms. The normalized spacial score (nSPS) is 27.6. The molecule has 0 radical (unpaired) electrons. The zero-order chi connectivity index (χ0) is 11.8. The Morgan fingerprint density at radius 1 is 1.47 bits per heavy atom. The standard InChI is InChI=1S/C12H19N5/c1-8-4-11(16-13)15-12(14-8)7-17-6-9-2-3-10(17)5-9/h4,9-10H,2-3,5-7,13H2,1H3,(H,14,15,16). The highest BCUT2D eigenvalue weighted by Gasteiger charge is 2.37. The number of anilines is 1. The van der Waals surface area contributed by atoms with Gasteiger partial charge in [0.25, 0.3) is 0 Å². The fraction of sp³-hybridized carbons (Fsp3) is 0.667. The number of nitrogen functional groups attached to an aromatic ring is 1. The van der Waals surface area contributed by atoms with Crippen LogP contribution in [-0.4, -0.2) is 27.5 Å². The van der Waals surface area contributed by atoms with Crippen LogP contribution in [0.15, 0.2) is 6.07 Å². The zero-order valence-electron chi connectivity index (χ0n) is 10.2. The van der Waals surface area contributed by atoms with Gasteiger partial charge < -0.3 is 5.43 Å². The second-order valence-electron chi connectivity index (χ2n) is 5.22. The number of aromatic nitrogens is 2. The molecule has 1 aromatic rings. The summed E-state index contributed by atoms with van der Waals surface area (Å²) in [5, 5.41) is 0. The maximum Gasteiger partial charge on any atom is 0.145 e. The molecule has 1 aromatic heterocycles. The molecule has 5 nitrogen and oxygen atoms in total. The SMILES string of the molecule is Cc1cc(NN)nc(CN2CC3CCC2C3)n1. The summed E-state index contributed by atoms with van der Waals surface area (Å²) in [5.41, 5.74) is 3.56. The van der Waals surface area contributed by atoms with Crippen LogP contribution in [0.2, 0.25) is 0 Å². The molecule has 3 N–H and O–H groups in total. The molecular weight excluding hydrogens is 214 g/mol. The molecule has 0 aromatic carbocycles. The molecule has 1 saturated carbocycles. The summed E-state index contributed by atoms with van der Waals surface area (Å²) in [6, 6.07) is 2.62. The van der Waals surface area contributed by atoms with Gasteiger partial charge in [0.2, 0.25) is 0 Å². The summed E-state index contributed by atoms with van der Waals surface area (Å²) in [6.07, 6.45) is 4.12. The van der Waals surface area contributed by atoms with Crippen molar-refractivity contribution in [2.24, 2.45) is 11.8 Å². The lowest BCUT2D eigenvalue weighted by Gasteiger charge is -2.25. The molecule has 2 heterocycles. The van der Waals surface area contributed by atoms with E-state index in [4.69, 9.17) is 5.84 Å². The van der Waals surface area contributed by atoms with Gasteiger partial charge in [0.1, 0.15) is 11.6 Å². The second kappa shape index (κ2) is 4.23. The first-order valence-electron chi connectivity index (χ1n) is 6.30. The molecule has 2 unspecified atom stereocenters. The summed E-state index contributed by atoms with van der Waals surface area (Å²) in [6.45, 7) is 4.05. The zero-order valence-corrected chi connectivity index (χ0v) is 10.2. The first-order chi connectivity index (χ1) is 8.24. The minimum Gasteiger partial charge on any atom is -0.308 e. The number of nitrogens with two attached hydrogens (primary N) is 1. The Morgan fingerprint density at radius 3 is 3.00 bits per heavy atom. The molecule has 17 heavy (non-hydrogen) atoms. The molecule has 2 atom stereocenters. The number of fused-ring (bicyclic) bond motifs is 2. The minimum absolute atomic E-state index is 0.705. The Balaban J connectivity index is 1.74. The summed E-state index contributed by atoms with van der Waals surface area (Å²) in [4.78, 5) is 11.4. The highest BCUT2D eigenvalue weighted by Crippen LogP contribution is 2.37. The fourth-order valence-electron chi connectivity index (χ4n) is 3.18. The van der Waals surface area contributed by atoms with Gasteiger partial charge >= 0.3 is 0 Å². The van der Waals surface area contributed by atoms with Crippen LogP contribution in [0.4, 0.5) is 5.82 Å². The monoisotopic (exact) mass is 233 g/mol. The van der Waals surface area contributed by atoms with E-state index in [0.29, 0.717) is 5.82 Å². The average molecular weight is 233 g/mol. The van der Waals surface area contributed by atoms with E-state index >= 15 is 0 Å². The summed E-state index contributed by atoms with van der Waals surface area (Å²) in [5.74, 6) is 7.90. The van der Waals surface area contributed by atoms with Crippen LogP contribution in [-0.2, 0) is 6.54 Å². The van der Waals surface area contributed by atoms with E-state index in [2.05, 4.69) is 20.3 Å². The van der Waals surface area contributed by atoms with Crippen LogP contribution in [0.1, 0.15) is 30.8 Å². The summed E-state index contributed by atoms with van der Waals surface area (Å²) >= 11 is 0. The Morgan fingerprint density at radius 2 is 2.35 bits per heavy atom. The van der Waals surface area contributed by atoms with Crippen LogP contribution in [0, 0.1) is 12.8 Å². The number of hydrogen-bond acceptors (Lipinski definition) is 5. The molecule has 5 heteroatoms.